The molecule has 2 N–H and O–H groups in total. The monoisotopic (exact) mass is 407 g/mol. The standard InChI is InChI=1S/C17H21N5O3S2/c1-2-25-13-6-4-3-5-12(13)15(24)21-7-9-22(10-8-21)16-19-20-17(27-16)26-11-14(18)23/h3-6H,2,7-11H2,1H3,(H2,18,23). The molecule has 0 bridgehead atoms. The Labute approximate surface area is 165 Å². The van der Waals surface area contributed by atoms with Gasteiger partial charge in [-0.2, -0.15) is 0 Å². The topological polar surface area (TPSA) is 102 Å². The third kappa shape index (κ3) is 4.89. The molecule has 2 aromatic rings. The average molecular weight is 408 g/mol. The van der Waals surface area contributed by atoms with Crippen LogP contribution in [0.1, 0.15) is 17.3 Å². The number of hydrogen-bond donors (Lipinski definition) is 1. The van der Waals surface area contributed by atoms with E-state index in [1.54, 1.807) is 6.07 Å². The molecule has 10 heteroatoms. The molecule has 0 atom stereocenters. The minimum atomic E-state index is -0.379. The van der Waals surface area contributed by atoms with Gasteiger partial charge < -0.3 is 20.3 Å². The maximum absolute atomic E-state index is 12.8. The third-order valence-electron chi connectivity index (χ3n) is 3.99. The summed E-state index contributed by atoms with van der Waals surface area (Å²) in [6.45, 7) is 4.98. The second-order valence-electron chi connectivity index (χ2n) is 5.81. The SMILES string of the molecule is CCOc1ccccc1C(=O)N1CCN(c2nnc(SCC(N)=O)s2)CC1. The van der Waals surface area contributed by atoms with E-state index in [9.17, 15) is 9.59 Å². The molecule has 8 nitrogen and oxygen atoms in total. The Bertz CT molecular complexity index is 805. The molecule has 0 spiro atoms. The van der Waals surface area contributed by atoms with E-state index in [1.165, 1.54) is 23.1 Å². The van der Waals surface area contributed by atoms with Crippen LogP contribution in [0.3, 0.4) is 0 Å². The van der Waals surface area contributed by atoms with Gasteiger partial charge in [0.1, 0.15) is 5.75 Å². The average Bonchev–Trinajstić information content (AvgIpc) is 3.16. The molecular weight excluding hydrogens is 386 g/mol. The fourth-order valence-corrected chi connectivity index (χ4v) is 4.35. The van der Waals surface area contributed by atoms with Crippen molar-refractivity contribution < 1.29 is 14.3 Å². The predicted octanol–water partition coefficient (Wildman–Crippen LogP) is 1.48. The van der Waals surface area contributed by atoms with Crippen molar-refractivity contribution in [2.75, 3.05) is 43.4 Å². The summed E-state index contributed by atoms with van der Waals surface area (Å²) in [5.74, 6) is 0.411. The van der Waals surface area contributed by atoms with Crippen LogP contribution in [0, 0.1) is 0 Å². The van der Waals surface area contributed by atoms with E-state index >= 15 is 0 Å². The molecule has 0 radical (unpaired) electrons. The number of carbonyl (C=O) groups is 2. The van der Waals surface area contributed by atoms with Gasteiger partial charge in [-0.25, -0.2) is 0 Å². The van der Waals surface area contributed by atoms with Crippen molar-refractivity contribution in [1.82, 2.24) is 15.1 Å². The van der Waals surface area contributed by atoms with E-state index in [4.69, 9.17) is 10.5 Å². The van der Waals surface area contributed by atoms with Crippen LogP contribution in [-0.2, 0) is 4.79 Å². The summed E-state index contributed by atoms with van der Waals surface area (Å²) in [6.07, 6.45) is 0. The molecule has 0 saturated carbocycles. The van der Waals surface area contributed by atoms with Gasteiger partial charge in [0, 0.05) is 26.2 Å². The predicted molar refractivity (Wildman–Crippen MR) is 106 cm³/mol. The Morgan fingerprint density at radius 1 is 1.22 bits per heavy atom. The number of thioether (sulfide) groups is 1. The minimum absolute atomic E-state index is 0.0198. The minimum Gasteiger partial charge on any atom is -0.493 e. The Morgan fingerprint density at radius 3 is 2.67 bits per heavy atom. The summed E-state index contributed by atoms with van der Waals surface area (Å²) in [5.41, 5.74) is 5.74. The second kappa shape index (κ2) is 9.05. The highest BCUT2D eigenvalue weighted by atomic mass is 32.2. The highest BCUT2D eigenvalue weighted by Gasteiger charge is 2.25. The zero-order valence-electron chi connectivity index (χ0n) is 15.0. The first kappa shape index (κ1) is 19.4. The van der Waals surface area contributed by atoms with Gasteiger partial charge in [0.2, 0.25) is 11.0 Å². The molecule has 1 aliphatic heterocycles. The number of ether oxygens (including phenoxy) is 1. The summed E-state index contributed by atoms with van der Waals surface area (Å²) in [7, 11) is 0. The summed E-state index contributed by atoms with van der Waals surface area (Å²) in [6, 6.07) is 7.33. The summed E-state index contributed by atoms with van der Waals surface area (Å²) in [5, 5.41) is 9.06. The van der Waals surface area contributed by atoms with Crippen molar-refractivity contribution in [3.63, 3.8) is 0 Å². The number of para-hydroxylation sites is 1. The van der Waals surface area contributed by atoms with Gasteiger partial charge in [-0.1, -0.05) is 35.2 Å². The number of piperazine rings is 1. The van der Waals surface area contributed by atoms with Gasteiger partial charge in [-0.15, -0.1) is 10.2 Å². The molecule has 2 amide bonds. The van der Waals surface area contributed by atoms with E-state index in [2.05, 4.69) is 15.1 Å². The molecule has 3 rings (SSSR count). The normalized spacial score (nSPS) is 14.3. The van der Waals surface area contributed by atoms with Gasteiger partial charge in [-0.05, 0) is 19.1 Å². The van der Waals surface area contributed by atoms with Crippen LogP contribution in [0.25, 0.3) is 0 Å². The number of rotatable bonds is 7. The lowest BCUT2D eigenvalue weighted by Crippen LogP contribution is -2.48. The van der Waals surface area contributed by atoms with Crippen molar-refractivity contribution in [3.05, 3.63) is 29.8 Å². The van der Waals surface area contributed by atoms with Crippen molar-refractivity contribution in [2.45, 2.75) is 11.3 Å². The number of hydrogen-bond acceptors (Lipinski definition) is 8. The molecule has 1 aliphatic rings. The zero-order valence-corrected chi connectivity index (χ0v) is 16.6. The molecule has 1 aromatic heterocycles. The maximum atomic E-state index is 12.8. The van der Waals surface area contributed by atoms with Crippen molar-refractivity contribution in [3.8, 4) is 5.75 Å². The summed E-state index contributed by atoms with van der Waals surface area (Å²) in [4.78, 5) is 27.6. The van der Waals surface area contributed by atoms with Gasteiger partial charge in [0.05, 0.1) is 17.9 Å². The van der Waals surface area contributed by atoms with Crippen molar-refractivity contribution in [2.24, 2.45) is 5.73 Å². The highest BCUT2D eigenvalue weighted by molar-refractivity contribution is 8.01. The van der Waals surface area contributed by atoms with Crippen LogP contribution in [0.2, 0.25) is 0 Å². The fraction of sp³-hybridized carbons (Fsp3) is 0.412. The first-order valence-corrected chi connectivity index (χ1v) is 10.4. The second-order valence-corrected chi connectivity index (χ2v) is 7.99. The van der Waals surface area contributed by atoms with E-state index < -0.39 is 0 Å². The molecular formula is C17H21N5O3S2. The van der Waals surface area contributed by atoms with Gasteiger partial charge in [0.25, 0.3) is 5.91 Å². The maximum Gasteiger partial charge on any atom is 0.257 e. The molecule has 0 aliphatic carbocycles. The number of carbonyl (C=O) groups excluding carboxylic acids is 2. The van der Waals surface area contributed by atoms with Gasteiger partial charge in [-0.3, -0.25) is 9.59 Å². The van der Waals surface area contributed by atoms with Crippen LogP contribution in [0.15, 0.2) is 28.6 Å². The number of nitrogens with two attached hydrogens (primary N) is 1. The molecule has 1 aromatic carbocycles. The van der Waals surface area contributed by atoms with Crippen molar-refractivity contribution >= 4 is 40.0 Å². The third-order valence-corrected chi connectivity index (χ3v) is 6.13. The van der Waals surface area contributed by atoms with Gasteiger partial charge >= 0.3 is 0 Å². The molecule has 1 fully saturated rings. The number of anilines is 1. The number of aromatic nitrogens is 2. The Kier molecular flexibility index (Phi) is 6.51. The van der Waals surface area contributed by atoms with Crippen LogP contribution in [-0.4, -0.2) is 65.5 Å². The smallest absolute Gasteiger partial charge is 0.257 e. The number of benzene rings is 1. The Hall–Kier alpha value is -2.33. The molecule has 0 unspecified atom stereocenters. The highest BCUT2D eigenvalue weighted by Crippen LogP contribution is 2.29. The summed E-state index contributed by atoms with van der Waals surface area (Å²) >= 11 is 2.72. The Morgan fingerprint density at radius 2 is 1.96 bits per heavy atom. The summed E-state index contributed by atoms with van der Waals surface area (Å²) < 4.78 is 6.29. The van der Waals surface area contributed by atoms with Crippen LogP contribution >= 0.6 is 23.1 Å². The van der Waals surface area contributed by atoms with Crippen LogP contribution in [0.5, 0.6) is 5.75 Å². The largest absolute Gasteiger partial charge is 0.493 e. The number of amides is 2. The van der Waals surface area contributed by atoms with Gasteiger partial charge in [0.15, 0.2) is 4.34 Å². The molecule has 27 heavy (non-hydrogen) atoms. The van der Waals surface area contributed by atoms with E-state index in [1.807, 2.05) is 30.0 Å². The quantitative estimate of drug-likeness (QED) is 0.694. The van der Waals surface area contributed by atoms with Crippen LogP contribution in [0.4, 0.5) is 5.13 Å². The lowest BCUT2D eigenvalue weighted by atomic mass is 10.1. The molecule has 1 saturated heterocycles. The van der Waals surface area contributed by atoms with E-state index in [-0.39, 0.29) is 17.6 Å². The Balaban J connectivity index is 1.59. The lowest BCUT2D eigenvalue weighted by molar-refractivity contribution is -0.115. The van der Waals surface area contributed by atoms with Crippen LogP contribution < -0.4 is 15.4 Å². The number of primary amides is 1. The fourth-order valence-electron chi connectivity index (χ4n) is 2.72. The number of nitrogens with zero attached hydrogens (tertiary/aromatic N) is 4. The first-order chi connectivity index (χ1) is 13.1. The zero-order chi connectivity index (χ0) is 19.2. The molecule has 2 heterocycles. The van der Waals surface area contributed by atoms with E-state index in [0.717, 1.165) is 5.13 Å². The van der Waals surface area contributed by atoms with Crippen molar-refractivity contribution in [1.29, 1.82) is 0 Å². The first-order valence-electron chi connectivity index (χ1n) is 8.59. The van der Waals surface area contributed by atoms with E-state index in [0.29, 0.717) is 48.4 Å². The molecule has 144 valence electrons. The lowest BCUT2D eigenvalue weighted by Gasteiger charge is -2.34.